The SMILES string of the molecule is C[C@H](N)CNC(=O)c1cccc(-c2cc3ccccc3oc2=O)c1. The molecule has 0 bridgehead atoms. The largest absolute Gasteiger partial charge is 0.422 e. The van der Waals surface area contributed by atoms with Gasteiger partial charge in [0, 0.05) is 23.5 Å². The molecule has 5 heteroatoms. The molecule has 122 valence electrons. The predicted octanol–water partition coefficient (Wildman–Crippen LogP) is 2.54. The highest BCUT2D eigenvalue weighted by Gasteiger charge is 2.11. The van der Waals surface area contributed by atoms with Crippen molar-refractivity contribution >= 4 is 16.9 Å². The lowest BCUT2D eigenvalue weighted by molar-refractivity contribution is 0.0951. The number of nitrogens with one attached hydrogen (secondary N) is 1. The van der Waals surface area contributed by atoms with Crippen molar-refractivity contribution in [3.05, 3.63) is 70.6 Å². The number of carbonyl (C=O) groups excluding carboxylic acids is 1. The van der Waals surface area contributed by atoms with Crippen LogP contribution in [0.3, 0.4) is 0 Å². The van der Waals surface area contributed by atoms with Gasteiger partial charge in [-0.15, -0.1) is 0 Å². The highest BCUT2D eigenvalue weighted by atomic mass is 16.4. The van der Waals surface area contributed by atoms with Crippen molar-refractivity contribution < 1.29 is 9.21 Å². The summed E-state index contributed by atoms with van der Waals surface area (Å²) in [5, 5.41) is 3.59. The van der Waals surface area contributed by atoms with Crippen molar-refractivity contribution in [2.45, 2.75) is 13.0 Å². The summed E-state index contributed by atoms with van der Waals surface area (Å²) < 4.78 is 5.35. The minimum atomic E-state index is -0.429. The Balaban J connectivity index is 1.98. The Hall–Kier alpha value is -2.92. The molecule has 0 unspecified atom stereocenters. The Bertz CT molecular complexity index is 944. The van der Waals surface area contributed by atoms with E-state index in [1.807, 2.05) is 25.1 Å². The molecule has 5 nitrogen and oxygen atoms in total. The number of hydrogen-bond donors (Lipinski definition) is 2. The van der Waals surface area contributed by atoms with Crippen LogP contribution in [-0.4, -0.2) is 18.5 Å². The Morgan fingerprint density at radius 1 is 1.17 bits per heavy atom. The van der Waals surface area contributed by atoms with Crippen LogP contribution in [-0.2, 0) is 0 Å². The molecule has 3 rings (SSSR count). The van der Waals surface area contributed by atoms with Gasteiger partial charge in [0.2, 0.25) is 0 Å². The lowest BCUT2D eigenvalue weighted by atomic mass is 10.0. The van der Waals surface area contributed by atoms with Crippen LogP contribution in [0, 0.1) is 0 Å². The van der Waals surface area contributed by atoms with Gasteiger partial charge in [-0.25, -0.2) is 4.79 Å². The first-order chi connectivity index (χ1) is 11.5. The minimum Gasteiger partial charge on any atom is -0.422 e. The Morgan fingerprint density at radius 2 is 1.96 bits per heavy atom. The lowest BCUT2D eigenvalue weighted by Gasteiger charge is -2.09. The second kappa shape index (κ2) is 6.68. The molecule has 1 atom stereocenters. The van der Waals surface area contributed by atoms with Gasteiger partial charge in [-0.2, -0.15) is 0 Å². The molecule has 1 aromatic heterocycles. The molecule has 0 spiro atoms. The molecule has 2 aromatic carbocycles. The maximum absolute atomic E-state index is 12.2. The second-order valence-corrected chi connectivity index (χ2v) is 5.75. The second-order valence-electron chi connectivity index (χ2n) is 5.75. The Kier molecular flexibility index (Phi) is 4.44. The molecule has 0 saturated heterocycles. The molecule has 1 amide bonds. The van der Waals surface area contributed by atoms with Gasteiger partial charge in [0.05, 0.1) is 5.56 Å². The number of rotatable bonds is 4. The average Bonchev–Trinajstić information content (AvgIpc) is 2.59. The number of amides is 1. The Morgan fingerprint density at radius 3 is 2.75 bits per heavy atom. The molecule has 0 fully saturated rings. The van der Waals surface area contributed by atoms with Crippen molar-refractivity contribution in [1.29, 1.82) is 0 Å². The number of hydrogen-bond acceptors (Lipinski definition) is 4. The molecule has 24 heavy (non-hydrogen) atoms. The first-order valence-electron chi connectivity index (χ1n) is 7.72. The first-order valence-corrected chi connectivity index (χ1v) is 7.72. The molecule has 3 N–H and O–H groups in total. The molecule has 0 aliphatic heterocycles. The van der Waals surface area contributed by atoms with E-state index in [9.17, 15) is 9.59 Å². The van der Waals surface area contributed by atoms with Gasteiger partial charge < -0.3 is 15.5 Å². The van der Waals surface area contributed by atoms with Gasteiger partial charge in [0.25, 0.3) is 5.91 Å². The van der Waals surface area contributed by atoms with E-state index in [2.05, 4.69) is 5.32 Å². The third-order valence-electron chi connectivity index (χ3n) is 3.66. The van der Waals surface area contributed by atoms with Crippen LogP contribution >= 0.6 is 0 Å². The third kappa shape index (κ3) is 3.36. The smallest absolute Gasteiger partial charge is 0.344 e. The van der Waals surface area contributed by atoms with Crippen LogP contribution in [0.5, 0.6) is 0 Å². The fourth-order valence-corrected chi connectivity index (χ4v) is 2.45. The van der Waals surface area contributed by atoms with Crippen LogP contribution in [0.15, 0.2) is 63.8 Å². The predicted molar refractivity (Wildman–Crippen MR) is 93.9 cm³/mol. The average molecular weight is 322 g/mol. The van der Waals surface area contributed by atoms with Gasteiger partial charge in [-0.1, -0.05) is 30.3 Å². The van der Waals surface area contributed by atoms with Gasteiger partial charge in [0.1, 0.15) is 5.58 Å². The fraction of sp³-hybridized carbons (Fsp3) is 0.158. The van der Waals surface area contributed by atoms with Crippen LogP contribution in [0.4, 0.5) is 0 Å². The topological polar surface area (TPSA) is 85.3 Å². The summed E-state index contributed by atoms with van der Waals surface area (Å²) in [6, 6.07) is 15.9. The summed E-state index contributed by atoms with van der Waals surface area (Å²) in [5.41, 5.74) is 7.30. The summed E-state index contributed by atoms with van der Waals surface area (Å²) in [6.45, 7) is 2.21. The van der Waals surface area contributed by atoms with E-state index in [1.165, 1.54) is 0 Å². The normalized spacial score (nSPS) is 12.1. The monoisotopic (exact) mass is 322 g/mol. The van der Waals surface area contributed by atoms with Crippen LogP contribution in [0.25, 0.3) is 22.1 Å². The van der Waals surface area contributed by atoms with E-state index in [0.29, 0.717) is 28.8 Å². The van der Waals surface area contributed by atoms with Crippen molar-refractivity contribution in [1.82, 2.24) is 5.32 Å². The molecule has 1 heterocycles. The number of carbonyl (C=O) groups is 1. The number of benzene rings is 2. The summed E-state index contributed by atoms with van der Waals surface area (Å²) in [4.78, 5) is 24.4. The van der Waals surface area contributed by atoms with Crippen LogP contribution < -0.4 is 16.7 Å². The number of para-hydroxylation sites is 1. The molecule has 0 saturated carbocycles. The highest BCUT2D eigenvalue weighted by molar-refractivity contribution is 5.95. The maximum atomic E-state index is 12.2. The van der Waals surface area contributed by atoms with Gasteiger partial charge >= 0.3 is 5.63 Å². The van der Waals surface area contributed by atoms with E-state index in [0.717, 1.165) is 5.39 Å². The van der Waals surface area contributed by atoms with Crippen molar-refractivity contribution in [2.75, 3.05) is 6.54 Å². The van der Waals surface area contributed by atoms with Crippen LogP contribution in [0.1, 0.15) is 17.3 Å². The summed E-state index contributed by atoms with van der Waals surface area (Å²) >= 11 is 0. The molecule has 0 radical (unpaired) electrons. The van der Waals surface area contributed by atoms with E-state index in [-0.39, 0.29) is 11.9 Å². The first kappa shape index (κ1) is 16.0. The highest BCUT2D eigenvalue weighted by Crippen LogP contribution is 2.21. The van der Waals surface area contributed by atoms with Crippen LogP contribution in [0.2, 0.25) is 0 Å². The van der Waals surface area contributed by atoms with E-state index in [1.54, 1.807) is 36.4 Å². The van der Waals surface area contributed by atoms with Crippen molar-refractivity contribution in [3.63, 3.8) is 0 Å². The molecule has 0 aliphatic carbocycles. The molecular formula is C19H18N2O3. The lowest BCUT2D eigenvalue weighted by Crippen LogP contribution is -2.35. The minimum absolute atomic E-state index is 0.121. The zero-order chi connectivity index (χ0) is 17.1. The summed E-state index contributed by atoms with van der Waals surface area (Å²) in [5.74, 6) is -0.223. The van der Waals surface area contributed by atoms with Crippen molar-refractivity contribution in [3.8, 4) is 11.1 Å². The molecule has 3 aromatic rings. The summed E-state index contributed by atoms with van der Waals surface area (Å²) in [7, 11) is 0. The maximum Gasteiger partial charge on any atom is 0.344 e. The number of fused-ring (bicyclic) bond motifs is 1. The van der Waals surface area contributed by atoms with E-state index in [4.69, 9.17) is 10.2 Å². The standard InChI is InChI=1S/C19H18N2O3/c1-12(20)11-21-18(22)15-7-4-6-13(9-15)16-10-14-5-2-3-8-17(14)24-19(16)23/h2-10,12H,11,20H2,1H3,(H,21,22)/t12-/m0/s1. The number of nitrogens with two attached hydrogens (primary N) is 1. The van der Waals surface area contributed by atoms with Gasteiger partial charge in [-0.3, -0.25) is 4.79 Å². The van der Waals surface area contributed by atoms with E-state index < -0.39 is 5.63 Å². The fourth-order valence-electron chi connectivity index (χ4n) is 2.45. The van der Waals surface area contributed by atoms with Gasteiger partial charge in [0.15, 0.2) is 0 Å². The zero-order valence-corrected chi connectivity index (χ0v) is 13.3. The zero-order valence-electron chi connectivity index (χ0n) is 13.3. The third-order valence-corrected chi connectivity index (χ3v) is 3.66. The summed E-state index contributed by atoms with van der Waals surface area (Å²) in [6.07, 6.45) is 0. The quantitative estimate of drug-likeness (QED) is 0.723. The molecular weight excluding hydrogens is 304 g/mol. The Labute approximate surface area is 139 Å². The molecule has 0 aliphatic rings. The van der Waals surface area contributed by atoms with E-state index >= 15 is 0 Å². The van der Waals surface area contributed by atoms with Gasteiger partial charge in [-0.05, 0) is 36.8 Å². The van der Waals surface area contributed by atoms with Crippen molar-refractivity contribution in [2.24, 2.45) is 5.73 Å².